The summed E-state index contributed by atoms with van der Waals surface area (Å²) in [5.74, 6) is -0.748. The highest BCUT2D eigenvalue weighted by Crippen LogP contribution is 2.35. The van der Waals surface area contributed by atoms with E-state index < -0.39 is 17.5 Å². The Hall–Kier alpha value is -3.13. The Morgan fingerprint density at radius 1 is 1.15 bits per heavy atom. The van der Waals surface area contributed by atoms with E-state index in [-0.39, 0.29) is 23.1 Å². The molecule has 0 atom stereocenters. The highest BCUT2D eigenvalue weighted by atomic mass is 32.1. The van der Waals surface area contributed by atoms with Gasteiger partial charge >= 0.3 is 12.0 Å². The molecule has 0 bridgehead atoms. The normalized spacial score (nSPS) is 11.0. The lowest BCUT2D eigenvalue weighted by Crippen LogP contribution is -2.43. The van der Waals surface area contributed by atoms with Gasteiger partial charge in [0.1, 0.15) is 5.00 Å². The number of thiophene rings is 1. The van der Waals surface area contributed by atoms with Crippen molar-refractivity contribution in [2.45, 2.75) is 54.0 Å². The van der Waals surface area contributed by atoms with Crippen LogP contribution in [0.4, 0.5) is 9.80 Å². The summed E-state index contributed by atoms with van der Waals surface area (Å²) in [5, 5.41) is 6.04. The maximum atomic E-state index is 13.0. The number of nitrogens with zero attached hydrogens (tertiary/aromatic N) is 1. The minimum absolute atomic E-state index is 0.177. The molecule has 0 radical (unpaired) electrons. The third kappa shape index (κ3) is 6.05. The SMILES string of the molecule is C=C(C)c1cccc(C(C)(C)NC(=O)Nc2sc(C(=O)N(CC)CC)c(C)c2C(=O)OCC)c1. The zero-order valence-electron chi connectivity index (χ0n) is 21.1. The smallest absolute Gasteiger partial charge is 0.341 e. The van der Waals surface area contributed by atoms with Gasteiger partial charge in [-0.15, -0.1) is 11.3 Å². The van der Waals surface area contributed by atoms with Gasteiger partial charge in [0.15, 0.2) is 0 Å². The number of benzene rings is 1. The van der Waals surface area contributed by atoms with Crippen LogP contribution in [0, 0.1) is 6.92 Å². The molecule has 0 saturated heterocycles. The summed E-state index contributed by atoms with van der Waals surface area (Å²) >= 11 is 1.09. The maximum absolute atomic E-state index is 13.0. The Morgan fingerprint density at radius 3 is 2.35 bits per heavy atom. The molecule has 184 valence electrons. The molecule has 8 heteroatoms. The maximum Gasteiger partial charge on any atom is 0.341 e. The number of esters is 1. The lowest BCUT2D eigenvalue weighted by atomic mass is 9.92. The average molecular weight is 486 g/mol. The van der Waals surface area contributed by atoms with Gasteiger partial charge in [0, 0.05) is 13.1 Å². The van der Waals surface area contributed by atoms with Crippen LogP contribution in [-0.4, -0.2) is 42.5 Å². The molecule has 0 fully saturated rings. The van der Waals surface area contributed by atoms with E-state index in [1.807, 2.05) is 58.9 Å². The second-order valence-corrected chi connectivity index (χ2v) is 9.54. The number of hydrogen-bond acceptors (Lipinski definition) is 5. The molecule has 0 aliphatic heterocycles. The highest BCUT2D eigenvalue weighted by molar-refractivity contribution is 7.18. The van der Waals surface area contributed by atoms with Crippen LogP contribution in [0.5, 0.6) is 0 Å². The monoisotopic (exact) mass is 485 g/mol. The molecule has 3 amide bonds. The number of anilines is 1. The Balaban J connectivity index is 2.37. The first kappa shape index (κ1) is 27.1. The van der Waals surface area contributed by atoms with Crippen LogP contribution >= 0.6 is 11.3 Å². The number of hydrogen-bond donors (Lipinski definition) is 2. The summed E-state index contributed by atoms with van der Waals surface area (Å²) in [5.41, 5.74) is 2.84. The third-order valence-corrected chi connectivity index (χ3v) is 6.80. The van der Waals surface area contributed by atoms with Crippen molar-refractivity contribution in [3.63, 3.8) is 0 Å². The fraction of sp³-hybridized carbons (Fsp3) is 0.423. The van der Waals surface area contributed by atoms with E-state index in [1.165, 1.54) is 0 Å². The third-order valence-electron chi connectivity index (χ3n) is 5.60. The first-order valence-corrected chi connectivity index (χ1v) is 12.2. The average Bonchev–Trinajstić information content (AvgIpc) is 3.09. The molecule has 2 rings (SSSR count). The summed E-state index contributed by atoms with van der Waals surface area (Å²) in [7, 11) is 0. The van der Waals surface area contributed by atoms with E-state index in [4.69, 9.17) is 4.74 Å². The number of carbonyl (C=O) groups excluding carboxylic acids is 3. The van der Waals surface area contributed by atoms with Crippen molar-refractivity contribution in [2.24, 2.45) is 0 Å². The fourth-order valence-corrected chi connectivity index (χ4v) is 4.73. The van der Waals surface area contributed by atoms with Crippen LogP contribution in [0.2, 0.25) is 0 Å². The number of amides is 3. The van der Waals surface area contributed by atoms with Gasteiger partial charge in [-0.3, -0.25) is 10.1 Å². The van der Waals surface area contributed by atoms with Crippen molar-refractivity contribution in [3.05, 3.63) is 58.0 Å². The van der Waals surface area contributed by atoms with Crippen LogP contribution in [0.3, 0.4) is 0 Å². The van der Waals surface area contributed by atoms with Crippen LogP contribution in [0.25, 0.3) is 5.57 Å². The summed E-state index contributed by atoms with van der Waals surface area (Å²) in [4.78, 5) is 40.8. The van der Waals surface area contributed by atoms with Crippen LogP contribution in [0.1, 0.15) is 78.3 Å². The number of urea groups is 1. The van der Waals surface area contributed by atoms with Crippen molar-refractivity contribution < 1.29 is 19.1 Å². The molecule has 0 aliphatic rings. The predicted molar refractivity (Wildman–Crippen MR) is 139 cm³/mol. The molecule has 0 saturated carbocycles. The topological polar surface area (TPSA) is 87.7 Å². The molecule has 1 aromatic heterocycles. The van der Waals surface area contributed by atoms with Crippen molar-refractivity contribution in [2.75, 3.05) is 25.0 Å². The molecule has 0 aliphatic carbocycles. The van der Waals surface area contributed by atoms with Gasteiger partial charge in [-0.25, -0.2) is 9.59 Å². The summed E-state index contributed by atoms with van der Waals surface area (Å²) < 4.78 is 5.21. The largest absolute Gasteiger partial charge is 0.462 e. The number of ether oxygens (including phenoxy) is 1. The molecule has 0 unspecified atom stereocenters. The van der Waals surface area contributed by atoms with E-state index in [0.717, 1.165) is 28.0 Å². The van der Waals surface area contributed by atoms with Gasteiger partial charge in [-0.2, -0.15) is 0 Å². The second kappa shape index (κ2) is 11.3. The predicted octanol–water partition coefficient (Wildman–Crippen LogP) is 5.81. The quantitative estimate of drug-likeness (QED) is 0.439. The molecule has 1 heterocycles. The van der Waals surface area contributed by atoms with Crippen molar-refractivity contribution in [1.29, 1.82) is 0 Å². The number of allylic oxidation sites excluding steroid dienone is 1. The van der Waals surface area contributed by atoms with Gasteiger partial charge in [0.05, 0.1) is 22.6 Å². The van der Waals surface area contributed by atoms with Crippen molar-refractivity contribution >= 4 is 39.8 Å². The molecule has 0 spiro atoms. The van der Waals surface area contributed by atoms with E-state index in [2.05, 4.69) is 17.2 Å². The molecule has 2 N–H and O–H groups in total. The lowest BCUT2D eigenvalue weighted by Gasteiger charge is -2.27. The molecule has 7 nitrogen and oxygen atoms in total. The van der Waals surface area contributed by atoms with Crippen LogP contribution in [0.15, 0.2) is 30.8 Å². The molecular formula is C26H35N3O4S. The van der Waals surface area contributed by atoms with Gasteiger partial charge < -0.3 is 15.0 Å². The standard InChI is InChI=1S/C26H35N3O4S/c1-9-29(10-2)23(30)21-17(6)20(24(31)33-11-3)22(34-21)27-25(32)28-26(7,8)19-14-12-13-18(15-19)16(4)5/h12-15H,4,9-11H2,1-3,5-8H3,(H2,27,28,32). The van der Waals surface area contributed by atoms with Crippen LogP contribution in [-0.2, 0) is 10.3 Å². The second-order valence-electron chi connectivity index (χ2n) is 8.52. The molecular weight excluding hydrogens is 450 g/mol. The van der Waals surface area contributed by atoms with E-state index in [9.17, 15) is 14.4 Å². The lowest BCUT2D eigenvalue weighted by molar-refractivity contribution is 0.0527. The first-order valence-electron chi connectivity index (χ1n) is 11.4. The van der Waals surface area contributed by atoms with Crippen molar-refractivity contribution in [1.82, 2.24) is 10.2 Å². The molecule has 34 heavy (non-hydrogen) atoms. The van der Waals surface area contributed by atoms with E-state index >= 15 is 0 Å². The van der Waals surface area contributed by atoms with Crippen molar-refractivity contribution in [3.8, 4) is 0 Å². The highest BCUT2D eigenvalue weighted by Gasteiger charge is 2.30. The van der Waals surface area contributed by atoms with Gasteiger partial charge in [-0.1, -0.05) is 30.4 Å². The number of carbonyl (C=O) groups is 3. The Labute approximate surface area is 206 Å². The summed E-state index contributed by atoms with van der Waals surface area (Å²) in [6, 6.07) is 7.33. The zero-order valence-corrected chi connectivity index (χ0v) is 21.9. The Morgan fingerprint density at radius 2 is 1.79 bits per heavy atom. The van der Waals surface area contributed by atoms with Gasteiger partial charge in [0.2, 0.25) is 0 Å². The van der Waals surface area contributed by atoms with Gasteiger partial charge in [0.25, 0.3) is 5.91 Å². The van der Waals surface area contributed by atoms with Gasteiger partial charge in [-0.05, 0) is 71.2 Å². The van der Waals surface area contributed by atoms with E-state index in [0.29, 0.717) is 23.5 Å². The Kier molecular flexibility index (Phi) is 9.04. The zero-order chi connectivity index (χ0) is 25.6. The Bertz CT molecular complexity index is 1080. The molecule has 1 aromatic carbocycles. The fourth-order valence-electron chi connectivity index (χ4n) is 3.57. The van der Waals surface area contributed by atoms with E-state index in [1.54, 1.807) is 18.7 Å². The number of rotatable bonds is 9. The molecule has 2 aromatic rings. The minimum Gasteiger partial charge on any atom is -0.462 e. The summed E-state index contributed by atoms with van der Waals surface area (Å²) in [6.07, 6.45) is 0. The van der Waals surface area contributed by atoms with Crippen LogP contribution < -0.4 is 10.6 Å². The minimum atomic E-state index is -0.703. The summed E-state index contributed by atoms with van der Waals surface area (Å²) in [6.45, 7) is 18.2. The first-order chi connectivity index (χ1) is 16.0. The number of nitrogens with one attached hydrogen (secondary N) is 2.